The van der Waals surface area contributed by atoms with Crippen LogP contribution in [-0.4, -0.2) is 56.6 Å². The zero-order chi connectivity index (χ0) is 12.5. The molecule has 5 heteroatoms. The Bertz CT molecular complexity index is 342. The molecule has 1 saturated heterocycles. The van der Waals surface area contributed by atoms with Crippen LogP contribution in [0.1, 0.15) is 32.1 Å². The van der Waals surface area contributed by atoms with Crippen LogP contribution in [0.25, 0.3) is 0 Å². The van der Waals surface area contributed by atoms with E-state index >= 15 is 0 Å². The molecule has 0 aromatic carbocycles. The van der Waals surface area contributed by atoms with Gasteiger partial charge in [0, 0.05) is 19.6 Å². The van der Waals surface area contributed by atoms with Gasteiger partial charge in [0.15, 0.2) is 0 Å². The molecule has 4 nitrogen and oxygen atoms in total. The summed E-state index contributed by atoms with van der Waals surface area (Å²) in [6, 6.07) is 0. The standard InChI is InChI=1S/C12H24N2O2S/c1-13(2)8-11-9-14(10-11)17(15,16)12-6-4-3-5-7-12/h11-12H,3-10H2,1-2H3. The van der Waals surface area contributed by atoms with Crippen LogP contribution in [0, 0.1) is 5.92 Å². The molecule has 0 spiro atoms. The van der Waals surface area contributed by atoms with Gasteiger partial charge >= 0.3 is 0 Å². The summed E-state index contributed by atoms with van der Waals surface area (Å²) in [5.74, 6) is 0.531. The summed E-state index contributed by atoms with van der Waals surface area (Å²) in [6.45, 7) is 2.46. The normalized spacial score (nSPS) is 25.1. The van der Waals surface area contributed by atoms with Gasteiger partial charge in [0.25, 0.3) is 0 Å². The molecule has 0 amide bonds. The van der Waals surface area contributed by atoms with Crippen molar-refractivity contribution in [3.8, 4) is 0 Å². The van der Waals surface area contributed by atoms with Crippen molar-refractivity contribution >= 4 is 10.0 Å². The van der Waals surface area contributed by atoms with Crippen molar-refractivity contribution < 1.29 is 8.42 Å². The minimum absolute atomic E-state index is 0.0865. The van der Waals surface area contributed by atoms with Crippen molar-refractivity contribution in [2.75, 3.05) is 33.7 Å². The van der Waals surface area contributed by atoms with Gasteiger partial charge in [-0.1, -0.05) is 19.3 Å². The van der Waals surface area contributed by atoms with Gasteiger partial charge in [-0.2, -0.15) is 0 Å². The van der Waals surface area contributed by atoms with Gasteiger partial charge in [0.1, 0.15) is 0 Å². The van der Waals surface area contributed by atoms with Crippen molar-refractivity contribution in [2.45, 2.75) is 37.4 Å². The van der Waals surface area contributed by atoms with E-state index in [-0.39, 0.29) is 5.25 Å². The Balaban J connectivity index is 1.86. The predicted molar refractivity (Wildman–Crippen MR) is 69.4 cm³/mol. The lowest BCUT2D eigenvalue weighted by Crippen LogP contribution is -2.55. The first-order valence-corrected chi connectivity index (χ1v) is 8.14. The fraction of sp³-hybridized carbons (Fsp3) is 1.00. The highest BCUT2D eigenvalue weighted by Crippen LogP contribution is 2.30. The third-order valence-electron chi connectivity index (χ3n) is 3.88. The average molecular weight is 260 g/mol. The lowest BCUT2D eigenvalue weighted by Gasteiger charge is -2.41. The fourth-order valence-electron chi connectivity index (χ4n) is 2.94. The summed E-state index contributed by atoms with van der Waals surface area (Å²) in [4.78, 5) is 2.13. The maximum Gasteiger partial charge on any atom is 0.217 e. The van der Waals surface area contributed by atoms with Crippen molar-refractivity contribution in [3.05, 3.63) is 0 Å². The second kappa shape index (κ2) is 5.24. The molecule has 1 saturated carbocycles. The van der Waals surface area contributed by atoms with E-state index in [0.29, 0.717) is 5.92 Å². The molecular weight excluding hydrogens is 236 g/mol. The van der Waals surface area contributed by atoms with Crippen molar-refractivity contribution in [3.63, 3.8) is 0 Å². The lowest BCUT2D eigenvalue weighted by molar-refractivity contribution is 0.158. The van der Waals surface area contributed by atoms with Gasteiger partial charge in [-0.3, -0.25) is 0 Å². The molecule has 0 aromatic heterocycles. The number of hydrogen-bond donors (Lipinski definition) is 0. The zero-order valence-electron chi connectivity index (χ0n) is 10.9. The summed E-state index contributed by atoms with van der Waals surface area (Å²) >= 11 is 0. The molecule has 0 atom stereocenters. The Kier molecular flexibility index (Phi) is 4.10. The first kappa shape index (κ1) is 13.3. The molecule has 1 aliphatic carbocycles. The van der Waals surface area contributed by atoms with Crippen LogP contribution in [0.5, 0.6) is 0 Å². The first-order chi connectivity index (χ1) is 8.00. The fourth-order valence-corrected chi connectivity index (χ4v) is 5.12. The topological polar surface area (TPSA) is 40.6 Å². The van der Waals surface area contributed by atoms with Gasteiger partial charge < -0.3 is 4.90 Å². The van der Waals surface area contributed by atoms with Crippen LogP contribution >= 0.6 is 0 Å². The minimum atomic E-state index is -2.98. The van der Waals surface area contributed by atoms with E-state index < -0.39 is 10.0 Å². The predicted octanol–water partition coefficient (Wildman–Crippen LogP) is 1.14. The Morgan fingerprint density at radius 1 is 1.12 bits per heavy atom. The largest absolute Gasteiger partial charge is 0.309 e. The second-order valence-electron chi connectivity index (χ2n) is 5.75. The van der Waals surface area contributed by atoms with Gasteiger partial charge in [0.2, 0.25) is 10.0 Å². The summed E-state index contributed by atoms with van der Waals surface area (Å²) in [5.41, 5.74) is 0. The molecule has 0 radical (unpaired) electrons. The molecule has 0 N–H and O–H groups in total. The van der Waals surface area contributed by atoms with Gasteiger partial charge in [0.05, 0.1) is 5.25 Å². The maximum absolute atomic E-state index is 12.3. The van der Waals surface area contributed by atoms with Crippen LogP contribution in [-0.2, 0) is 10.0 Å². The highest BCUT2D eigenvalue weighted by atomic mass is 32.2. The molecule has 0 aromatic rings. The molecule has 0 unspecified atom stereocenters. The van der Waals surface area contributed by atoms with Gasteiger partial charge in [-0.15, -0.1) is 0 Å². The zero-order valence-corrected chi connectivity index (χ0v) is 11.7. The Morgan fingerprint density at radius 2 is 1.71 bits per heavy atom. The third-order valence-corrected chi connectivity index (χ3v) is 6.21. The van der Waals surface area contributed by atoms with E-state index in [1.807, 2.05) is 14.1 Å². The smallest absolute Gasteiger partial charge is 0.217 e. The van der Waals surface area contributed by atoms with E-state index in [9.17, 15) is 8.42 Å². The summed E-state index contributed by atoms with van der Waals surface area (Å²) < 4.78 is 26.3. The Labute approximate surface area is 105 Å². The van der Waals surface area contributed by atoms with Gasteiger partial charge in [-0.25, -0.2) is 12.7 Å². The average Bonchev–Trinajstić information content (AvgIpc) is 2.23. The van der Waals surface area contributed by atoms with Crippen molar-refractivity contribution in [1.29, 1.82) is 0 Å². The van der Waals surface area contributed by atoms with E-state index in [4.69, 9.17) is 0 Å². The van der Waals surface area contributed by atoms with Gasteiger partial charge in [-0.05, 0) is 32.9 Å². The molecule has 2 fully saturated rings. The van der Waals surface area contributed by atoms with Crippen LogP contribution < -0.4 is 0 Å². The van der Waals surface area contributed by atoms with E-state index in [1.54, 1.807) is 4.31 Å². The molecule has 2 aliphatic rings. The highest BCUT2D eigenvalue weighted by Gasteiger charge is 2.40. The molecule has 1 aliphatic heterocycles. The highest BCUT2D eigenvalue weighted by molar-refractivity contribution is 7.89. The van der Waals surface area contributed by atoms with E-state index in [0.717, 1.165) is 45.3 Å². The summed E-state index contributed by atoms with van der Waals surface area (Å²) in [5, 5.41) is -0.0865. The van der Waals surface area contributed by atoms with E-state index in [2.05, 4.69) is 4.90 Å². The van der Waals surface area contributed by atoms with Crippen LogP contribution in [0.3, 0.4) is 0 Å². The van der Waals surface area contributed by atoms with Crippen molar-refractivity contribution in [2.24, 2.45) is 5.92 Å². The van der Waals surface area contributed by atoms with Crippen LogP contribution in [0.2, 0.25) is 0 Å². The number of nitrogens with zero attached hydrogens (tertiary/aromatic N) is 2. The molecular formula is C12H24N2O2S. The SMILES string of the molecule is CN(C)CC1CN(S(=O)(=O)C2CCCCC2)C1. The molecule has 100 valence electrons. The molecule has 17 heavy (non-hydrogen) atoms. The number of rotatable bonds is 4. The van der Waals surface area contributed by atoms with E-state index in [1.165, 1.54) is 6.42 Å². The Morgan fingerprint density at radius 3 is 2.24 bits per heavy atom. The molecule has 0 bridgehead atoms. The first-order valence-electron chi connectivity index (χ1n) is 6.64. The lowest BCUT2D eigenvalue weighted by atomic mass is 10.0. The number of sulfonamides is 1. The summed E-state index contributed by atoms with van der Waals surface area (Å²) in [7, 11) is 1.10. The van der Waals surface area contributed by atoms with Crippen molar-refractivity contribution in [1.82, 2.24) is 9.21 Å². The quantitative estimate of drug-likeness (QED) is 0.761. The number of hydrogen-bond acceptors (Lipinski definition) is 3. The molecule has 2 rings (SSSR count). The minimum Gasteiger partial charge on any atom is -0.309 e. The maximum atomic E-state index is 12.3. The monoisotopic (exact) mass is 260 g/mol. The Hall–Kier alpha value is -0.130. The molecule has 1 heterocycles. The third kappa shape index (κ3) is 3.01. The summed E-state index contributed by atoms with van der Waals surface area (Å²) in [6.07, 6.45) is 5.11. The second-order valence-corrected chi connectivity index (χ2v) is 7.96. The van der Waals surface area contributed by atoms with Crippen LogP contribution in [0.15, 0.2) is 0 Å². The van der Waals surface area contributed by atoms with Crippen LogP contribution in [0.4, 0.5) is 0 Å².